The molecule has 0 unspecified atom stereocenters. The van der Waals surface area contributed by atoms with Crippen LogP contribution in [0, 0.1) is 0 Å². The summed E-state index contributed by atoms with van der Waals surface area (Å²) in [5.41, 5.74) is 0.971. The first kappa shape index (κ1) is 20.6. The van der Waals surface area contributed by atoms with Gasteiger partial charge >= 0.3 is 0 Å². The van der Waals surface area contributed by atoms with Gasteiger partial charge in [0.05, 0.1) is 18.1 Å². The Morgan fingerprint density at radius 1 is 1.04 bits per heavy atom. The van der Waals surface area contributed by atoms with Gasteiger partial charge in [-0.25, -0.2) is 8.42 Å². The van der Waals surface area contributed by atoms with Crippen LogP contribution in [0.25, 0.3) is 10.8 Å². The van der Waals surface area contributed by atoms with Crippen molar-refractivity contribution in [2.75, 3.05) is 57.2 Å². The highest BCUT2D eigenvalue weighted by Crippen LogP contribution is 2.22. The monoisotopic (exact) mass is 403 g/mol. The zero-order valence-electron chi connectivity index (χ0n) is 16.8. The van der Waals surface area contributed by atoms with Gasteiger partial charge in [-0.05, 0) is 43.4 Å². The molecule has 0 aromatic heterocycles. The third kappa shape index (κ3) is 5.02. The average molecular weight is 404 g/mol. The second-order valence-electron chi connectivity index (χ2n) is 7.83. The van der Waals surface area contributed by atoms with E-state index in [0.717, 1.165) is 16.5 Å². The largest absolute Gasteiger partial charge is 0.365 e. The molecule has 1 atom stereocenters. The number of amides is 1. The quantitative estimate of drug-likeness (QED) is 0.706. The highest BCUT2D eigenvalue weighted by Gasteiger charge is 2.34. The predicted octanol–water partition coefficient (Wildman–Crippen LogP) is 1.85. The van der Waals surface area contributed by atoms with Gasteiger partial charge in [-0.3, -0.25) is 4.79 Å². The molecule has 1 aliphatic heterocycles. The number of likely N-dealkylation sites (N-methyl/N-ethyl adjacent to an activating group) is 2. The Morgan fingerprint density at radius 3 is 2.39 bits per heavy atom. The summed E-state index contributed by atoms with van der Waals surface area (Å²) < 4.78 is 23.8. The Hall–Kier alpha value is -2.12. The summed E-state index contributed by atoms with van der Waals surface area (Å²) in [6, 6.07) is 14.1. The number of carbonyl (C=O) groups excluding carboxylic acids is 1. The van der Waals surface area contributed by atoms with Gasteiger partial charge in [-0.15, -0.1) is 0 Å². The highest BCUT2D eigenvalue weighted by molar-refractivity contribution is 7.91. The van der Waals surface area contributed by atoms with E-state index in [1.165, 1.54) is 0 Å². The Labute approximate surface area is 167 Å². The number of sulfone groups is 1. The number of anilines is 1. The fraction of sp³-hybridized carbons (Fsp3) is 0.476. The minimum Gasteiger partial charge on any atom is -0.365 e. The van der Waals surface area contributed by atoms with E-state index in [9.17, 15) is 13.2 Å². The van der Waals surface area contributed by atoms with Crippen molar-refractivity contribution in [3.63, 3.8) is 0 Å². The number of benzene rings is 2. The maximum atomic E-state index is 13.1. The van der Waals surface area contributed by atoms with E-state index in [-0.39, 0.29) is 30.0 Å². The van der Waals surface area contributed by atoms with Crippen molar-refractivity contribution in [1.82, 2.24) is 9.80 Å². The molecule has 0 bridgehead atoms. The van der Waals surface area contributed by atoms with Crippen LogP contribution >= 0.6 is 0 Å². The second kappa shape index (κ2) is 8.49. The molecule has 6 nitrogen and oxygen atoms in total. The van der Waals surface area contributed by atoms with E-state index < -0.39 is 9.84 Å². The van der Waals surface area contributed by atoms with Gasteiger partial charge in [0.15, 0.2) is 9.84 Å². The number of hydrogen-bond acceptors (Lipinski definition) is 5. The number of hydrogen-bond donors (Lipinski definition) is 0. The van der Waals surface area contributed by atoms with Crippen molar-refractivity contribution in [1.29, 1.82) is 0 Å². The Bertz CT molecular complexity index is 943. The van der Waals surface area contributed by atoms with Crippen LogP contribution in [-0.2, 0) is 14.6 Å². The first-order valence-electron chi connectivity index (χ1n) is 9.60. The maximum Gasteiger partial charge on any atom is 0.242 e. The number of rotatable bonds is 7. The van der Waals surface area contributed by atoms with Gasteiger partial charge in [0.25, 0.3) is 0 Å². The molecule has 0 saturated carbocycles. The normalized spacial score (nSPS) is 18.5. The molecule has 7 heteroatoms. The molecule has 28 heavy (non-hydrogen) atoms. The summed E-state index contributed by atoms with van der Waals surface area (Å²) in [5.74, 6) is 0.218. The number of nitrogens with zero attached hydrogens (tertiary/aromatic N) is 3. The van der Waals surface area contributed by atoms with E-state index in [4.69, 9.17) is 0 Å². The van der Waals surface area contributed by atoms with Crippen molar-refractivity contribution in [3.05, 3.63) is 42.5 Å². The van der Waals surface area contributed by atoms with Crippen LogP contribution in [-0.4, -0.2) is 82.4 Å². The molecule has 0 N–H and O–H groups in total. The lowest BCUT2D eigenvalue weighted by molar-refractivity contribution is -0.131. The van der Waals surface area contributed by atoms with E-state index in [2.05, 4.69) is 24.3 Å². The average Bonchev–Trinajstić information content (AvgIpc) is 3.00. The van der Waals surface area contributed by atoms with E-state index in [1.807, 2.05) is 49.1 Å². The van der Waals surface area contributed by atoms with Crippen LogP contribution in [0.3, 0.4) is 0 Å². The fourth-order valence-corrected chi connectivity index (χ4v) is 5.37. The third-order valence-electron chi connectivity index (χ3n) is 5.30. The minimum atomic E-state index is -3.04. The Morgan fingerprint density at radius 2 is 1.75 bits per heavy atom. The van der Waals surface area contributed by atoms with Gasteiger partial charge in [0, 0.05) is 31.9 Å². The summed E-state index contributed by atoms with van der Waals surface area (Å²) in [7, 11) is 2.77. The van der Waals surface area contributed by atoms with Crippen molar-refractivity contribution in [2.24, 2.45) is 0 Å². The molecule has 1 aliphatic rings. The van der Waals surface area contributed by atoms with Gasteiger partial charge in [-0.2, -0.15) is 0 Å². The predicted molar refractivity (Wildman–Crippen MR) is 115 cm³/mol. The van der Waals surface area contributed by atoms with Crippen LogP contribution in [0.1, 0.15) is 6.42 Å². The maximum absolute atomic E-state index is 13.1. The molecule has 2 aromatic rings. The van der Waals surface area contributed by atoms with E-state index >= 15 is 0 Å². The number of fused-ring (bicyclic) bond motifs is 1. The SMILES string of the molecule is CN(C)CCN(C(=O)CN(C)c1ccc2ccccc2c1)[C@H]1CCS(=O)(=O)C1. The van der Waals surface area contributed by atoms with Gasteiger partial charge in [0.2, 0.25) is 5.91 Å². The first-order valence-corrected chi connectivity index (χ1v) is 11.4. The van der Waals surface area contributed by atoms with Crippen molar-refractivity contribution < 1.29 is 13.2 Å². The third-order valence-corrected chi connectivity index (χ3v) is 7.05. The van der Waals surface area contributed by atoms with Gasteiger partial charge in [-0.1, -0.05) is 30.3 Å². The van der Waals surface area contributed by atoms with Gasteiger partial charge < -0.3 is 14.7 Å². The molecule has 1 saturated heterocycles. The summed E-state index contributed by atoms with van der Waals surface area (Å²) in [5, 5.41) is 2.29. The standard InChI is InChI=1S/C21H29N3O3S/c1-22(2)11-12-24(20-10-13-28(26,27)16-20)21(25)15-23(3)19-9-8-17-6-4-5-7-18(17)14-19/h4-9,14,20H,10-13,15-16H2,1-3H3/t20-/m0/s1. The summed E-state index contributed by atoms with van der Waals surface area (Å²) >= 11 is 0. The molecular formula is C21H29N3O3S. The number of carbonyl (C=O) groups is 1. The Balaban J connectivity index is 1.73. The van der Waals surface area contributed by atoms with Gasteiger partial charge in [0.1, 0.15) is 0 Å². The lowest BCUT2D eigenvalue weighted by Crippen LogP contribution is -2.48. The summed E-state index contributed by atoms with van der Waals surface area (Å²) in [6.45, 7) is 1.47. The molecule has 3 rings (SSSR count). The van der Waals surface area contributed by atoms with Crippen molar-refractivity contribution in [3.8, 4) is 0 Å². The van der Waals surface area contributed by atoms with E-state index in [1.54, 1.807) is 4.90 Å². The molecule has 1 fully saturated rings. The lowest BCUT2D eigenvalue weighted by atomic mass is 10.1. The summed E-state index contributed by atoms with van der Waals surface area (Å²) in [4.78, 5) is 18.8. The molecule has 152 valence electrons. The van der Waals surface area contributed by atoms with Crippen molar-refractivity contribution in [2.45, 2.75) is 12.5 Å². The highest BCUT2D eigenvalue weighted by atomic mass is 32.2. The zero-order chi connectivity index (χ0) is 20.3. The molecule has 0 radical (unpaired) electrons. The topological polar surface area (TPSA) is 60.9 Å². The molecule has 2 aromatic carbocycles. The van der Waals surface area contributed by atoms with Crippen LogP contribution < -0.4 is 4.90 Å². The minimum absolute atomic E-state index is 0.0281. The molecule has 0 spiro atoms. The zero-order valence-corrected chi connectivity index (χ0v) is 17.7. The molecular weight excluding hydrogens is 374 g/mol. The lowest BCUT2D eigenvalue weighted by Gasteiger charge is -2.31. The van der Waals surface area contributed by atoms with E-state index in [0.29, 0.717) is 19.5 Å². The van der Waals surface area contributed by atoms with Crippen LogP contribution in [0.15, 0.2) is 42.5 Å². The molecule has 1 amide bonds. The van der Waals surface area contributed by atoms with Crippen LogP contribution in [0.5, 0.6) is 0 Å². The smallest absolute Gasteiger partial charge is 0.242 e. The Kier molecular flexibility index (Phi) is 6.25. The first-order chi connectivity index (χ1) is 13.2. The van der Waals surface area contributed by atoms with Crippen molar-refractivity contribution >= 4 is 32.2 Å². The molecule has 0 aliphatic carbocycles. The summed E-state index contributed by atoms with van der Waals surface area (Å²) in [6.07, 6.45) is 0.529. The van der Waals surface area contributed by atoms with Crippen LogP contribution in [0.2, 0.25) is 0 Å². The molecule has 1 heterocycles. The fourth-order valence-electron chi connectivity index (χ4n) is 3.64. The second-order valence-corrected chi connectivity index (χ2v) is 10.1. The van der Waals surface area contributed by atoms with Crippen LogP contribution in [0.4, 0.5) is 5.69 Å².